The maximum Gasteiger partial charge on any atom is 0.325 e. The fourth-order valence-electron chi connectivity index (χ4n) is 2.07. The van der Waals surface area contributed by atoms with Crippen molar-refractivity contribution in [3.63, 3.8) is 0 Å². The molecule has 1 amide bonds. The van der Waals surface area contributed by atoms with Crippen molar-refractivity contribution in [3.05, 3.63) is 35.9 Å². The average Bonchev–Trinajstić information content (AvgIpc) is 2.38. The standard InChI is InChI=1S/C13H16N2O3/c16-11-7-6-10(8-14-11)15-12(13(17)18)9-4-2-1-3-5-9/h1-5,10,12,15H,6-8H2,(H,14,16)(H,17,18). The first kappa shape index (κ1) is 12.6. The molecule has 18 heavy (non-hydrogen) atoms. The highest BCUT2D eigenvalue weighted by atomic mass is 16.4. The van der Waals surface area contributed by atoms with E-state index in [0.717, 1.165) is 5.56 Å². The Labute approximate surface area is 105 Å². The molecule has 1 aliphatic rings. The topological polar surface area (TPSA) is 78.4 Å². The summed E-state index contributed by atoms with van der Waals surface area (Å²) in [6.07, 6.45) is 1.11. The fourth-order valence-corrected chi connectivity index (χ4v) is 2.07. The van der Waals surface area contributed by atoms with E-state index in [2.05, 4.69) is 10.6 Å². The Kier molecular flexibility index (Phi) is 3.94. The van der Waals surface area contributed by atoms with E-state index in [-0.39, 0.29) is 11.9 Å². The van der Waals surface area contributed by atoms with E-state index in [1.807, 2.05) is 18.2 Å². The molecule has 5 heteroatoms. The van der Waals surface area contributed by atoms with Gasteiger partial charge in [0.15, 0.2) is 0 Å². The smallest absolute Gasteiger partial charge is 0.325 e. The molecule has 1 aromatic carbocycles. The van der Waals surface area contributed by atoms with Crippen LogP contribution in [-0.2, 0) is 9.59 Å². The summed E-state index contributed by atoms with van der Waals surface area (Å²) < 4.78 is 0. The van der Waals surface area contributed by atoms with Crippen LogP contribution in [0.4, 0.5) is 0 Å². The minimum atomic E-state index is -0.905. The van der Waals surface area contributed by atoms with E-state index >= 15 is 0 Å². The summed E-state index contributed by atoms with van der Waals surface area (Å²) in [5, 5.41) is 15.1. The van der Waals surface area contributed by atoms with E-state index in [4.69, 9.17) is 0 Å². The highest BCUT2D eigenvalue weighted by molar-refractivity contribution is 5.77. The number of benzene rings is 1. The van der Waals surface area contributed by atoms with Crippen molar-refractivity contribution in [2.75, 3.05) is 6.54 Å². The van der Waals surface area contributed by atoms with Crippen molar-refractivity contribution in [1.82, 2.24) is 10.6 Å². The third-order valence-corrected chi connectivity index (χ3v) is 3.05. The van der Waals surface area contributed by atoms with Gasteiger partial charge in [0.2, 0.25) is 5.91 Å². The zero-order valence-electron chi connectivity index (χ0n) is 9.93. The van der Waals surface area contributed by atoms with Crippen LogP contribution in [0, 0.1) is 0 Å². The van der Waals surface area contributed by atoms with E-state index in [1.54, 1.807) is 12.1 Å². The molecule has 0 aromatic heterocycles. The molecule has 1 saturated heterocycles. The molecule has 2 unspecified atom stereocenters. The molecule has 1 aliphatic heterocycles. The van der Waals surface area contributed by atoms with Crippen molar-refractivity contribution in [3.8, 4) is 0 Å². The molecule has 5 nitrogen and oxygen atoms in total. The van der Waals surface area contributed by atoms with E-state index in [0.29, 0.717) is 19.4 Å². The van der Waals surface area contributed by atoms with Crippen molar-refractivity contribution in [1.29, 1.82) is 0 Å². The second-order valence-electron chi connectivity index (χ2n) is 4.39. The van der Waals surface area contributed by atoms with Gasteiger partial charge in [-0.05, 0) is 12.0 Å². The van der Waals surface area contributed by atoms with Crippen LogP contribution >= 0.6 is 0 Å². The predicted octanol–water partition coefficient (Wildman–Crippen LogP) is 0.680. The van der Waals surface area contributed by atoms with Gasteiger partial charge in [-0.3, -0.25) is 14.9 Å². The summed E-state index contributed by atoms with van der Waals surface area (Å²) in [5.41, 5.74) is 0.724. The maximum absolute atomic E-state index is 11.3. The predicted molar refractivity (Wildman–Crippen MR) is 66.0 cm³/mol. The second-order valence-corrected chi connectivity index (χ2v) is 4.39. The number of carbonyl (C=O) groups is 2. The molecule has 0 radical (unpaired) electrons. The summed E-state index contributed by atoms with van der Waals surface area (Å²) in [5.74, 6) is -0.877. The van der Waals surface area contributed by atoms with Gasteiger partial charge in [0.05, 0.1) is 0 Å². The summed E-state index contributed by atoms with van der Waals surface area (Å²) in [7, 11) is 0. The van der Waals surface area contributed by atoms with Gasteiger partial charge in [-0.25, -0.2) is 0 Å². The van der Waals surface area contributed by atoms with Crippen molar-refractivity contribution >= 4 is 11.9 Å². The van der Waals surface area contributed by atoms with Crippen molar-refractivity contribution in [2.45, 2.75) is 24.9 Å². The molecule has 96 valence electrons. The van der Waals surface area contributed by atoms with E-state index < -0.39 is 12.0 Å². The molecule has 1 aromatic rings. The molecule has 0 bridgehead atoms. The van der Waals surface area contributed by atoms with Gasteiger partial charge in [0.1, 0.15) is 6.04 Å². The van der Waals surface area contributed by atoms with Crippen LogP contribution in [0.1, 0.15) is 24.4 Å². The zero-order valence-corrected chi connectivity index (χ0v) is 9.93. The molecular weight excluding hydrogens is 232 g/mol. The van der Waals surface area contributed by atoms with Gasteiger partial charge < -0.3 is 10.4 Å². The normalized spacial score (nSPS) is 21.1. The van der Waals surface area contributed by atoms with Crippen LogP contribution in [0.25, 0.3) is 0 Å². The first-order chi connectivity index (χ1) is 8.66. The van der Waals surface area contributed by atoms with Crippen LogP contribution in [0.2, 0.25) is 0 Å². The molecule has 2 atom stereocenters. The van der Waals surface area contributed by atoms with E-state index in [1.165, 1.54) is 0 Å². The minimum Gasteiger partial charge on any atom is -0.480 e. The molecule has 3 N–H and O–H groups in total. The van der Waals surface area contributed by atoms with Crippen LogP contribution in [-0.4, -0.2) is 29.6 Å². The Morgan fingerprint density at radius 1 is 1.39 bits per heavy atom. The van der Waals surface area contributed by atoms with E-state index in [9.17, 15) is 14.7 Å². The monoisotopic (exact) mass is 248 g/mol. The molecule has 0 aliphatic carbocycles. The number of nitrogens with one attached hydrogen (secondary N) is 2. The number of carboxylic acid groups (broad SMARTS) is 1. The third kappa shape index (κ3) is 3.07. The number of carbonyl (C=O) groups excluding carboxylic acids is 1. The van der Waals surface area contributed by atoms with Gasteiger partial charge in [-0.2, -0.15) is 0 Å². The SMILES string of the molecule is O=C1CCC(NC(C(=O)O)c2ccccc2)CN1. The van der Waals surface area contributed by atoms with Crippen LogP contribution < -0.4 is 10.6 Å². The summed E-state index contributed by atoms with van der Waals surface area (Å²) >= 11 is 0. The largest absolute Gasteiger partial charge is 0.480 e. The Bertz CT molecular complexity index is 423. The van der Waals surface area contributed by atoms with Gasteiger partial charge in [-0.15, -0.1) is 0 Å². The molecule has 0 saturated carbocycles. The summed E-state index contributed by atoms with van der Waals surface area (Å²) in [4.78, 5) is 22.3. The lowest BCUT2D eigenvalue weighted by Gasteiger charge is -2.27. The number of hydrogen-bond acceptors (Lipinski definition) is 3. The number of piperidine rings is 1. The molecular formula is C13H16N2O3. The van der Waals surface area contributed by atoms with Crippen LogP contribution in [0.15, 0.2) is 30.3 Å². The number of rotatable bonds is 4. The first-order valence-electron chi connectivity index (χ1n) is 5.97. The number of hydrogen-bond donors (Lipinski definition) is 3. The molecule has 1 fully saturated rings. The lowest BCUT2D eigenvalue weighted by atomic mass is 10.0. The second kappa shape index (κ2) is 5.64. The quantitative estimate of drug-likeness (QED) is 0.732. The molecule has 1 heterocycles. The van der Waals surface area contributed by atoms with Crippen molar-refractivity contribution < 1.29 is 14.7 Å². The highest BCUT2D eigenvalue weighted by Crippen LogP contribution is 2.15. The fraction of sp³-hybridized carbons (Fsp3) is 0.385. The Morgan fingerprint density at radius 2 is 2.11 bits per heavy atom. The zero-order chi connectivity index (χ0) is 13.0. The van der Waals surface area contributed by atoms with Crippen LogP contribution in [0.5, 0.6) is 0 Å². The van der Waals surface area contributed by atoms with Gasteiger partial charge in [0, 0.05) is 19.0 Å². The van der Waals surface area contributed by atoms with Gasteiger partial charge in [0.25, 0.3) is 0 Å². The number of amides is 1. The number of aliphatic carboxylic acids is 1. The number of carboxylic acids is 1. The lowest BCUT2D eigenvalue weighted by Crippen LogP contribution is -2.48. The Hall–Kier alpha value is -1.88. The van der Waals surface area contributed by atoms with Crippen LogP contribution in [0.3, 0.4) is 0 Å². The van der Waals surface area contributed by atoms with Gasteiger partial charge in [-0.1, -0.05) is 30.3 Å². The third-order valence-electron chi connectivity index (χ3n) is 3.05. The minimum absolute atomic E-state index is 0.00371. The Balaban J connectivity index is 2.03. The summed E-state index contributed by atoms with van der Waals surface area (Å²) in [6, 6.07) is 8.32. The van der Waals surface area contributed by atoms with Gasteiger partial charge >= 0.3 is 5.97 Å². The summed E-state index contributed by atoms with van der Waals surface area (Å²) in [6.45, 7) is 0.482. The highest BCUT2D eigenvalue weighted by Gasteiger charge is 2.25. The Morgan fingerprint density at radius 3 is 2.67 bits per heavy atom. The average molecular weight is 248 g/mol. The molecule has 2 rings (SSSR count). The lowest BCUT2D eigenvalue weighted by molar-refractivity contribution is -0.140. The molecule has 0 spiro atoms. The maximum atomic E-state index is 11.3. The first-order valence-corrected chi connectivity index (χ1v) is 5.97. The van der Waals surface area contributed by atoms with Crippen molar-refractivity contribution in [2.24, 2.45) is 0 Å².